The monoisotopic (exact) mass is 438 g/mol. The summed E-state index contributed by atoms with van der Waals surface area (Å²) < 4.78 is 5.47. The normalized spacial score (nSPS) is 14.2. The van der Waals surface area contributed by atoms with Crippen molar-refractivity contribution in [3.8, 4) is 11.1 Å². The lowest BCUT2D eigenvalue weighted by Gasteiger charge is -2.39. The standard InChI is InChI=1S/C25H30N2O5/c1-15(21(28)27-25(4,5)24(2,3)22(29)30)26-23(31)32-14-20-18-12-8-6-10-16(18)17-11-7-9-13-19(17)20/h6-13,15,20H,14H2,1-5H3,(H,26,31)(H,27,28)(H,29,30)/t15-/m1/s1. The molecule has 0 radical (unpaired) electrons. The molecule has 0 aromatic heterocycles. The van der Waals surface area contributed by atoms with Gasteiger partial charge in [-0.15, -0.1) is 0 Å². The zero-order valence-corrected chi connectivity index (χ0v) is 19.1. The minimum absolute atomic E-state index is 0.0763. The number of nitrogens with one attached hydrogen (secondary N) is 2. The van der Waals surface area contributed by atoms with Gasteiger partial charge in [0, 0.05) is 5.92 Å². The second kappa shape index (κ2) is 8.65. The number of alkyl carbamates (subject to hydrolysis) is 1. The Morgan fingerprint density at radius 3 is 1.97 bits per heavy atom. The molecule has 0 spiro atoms. The van der Waals surface area contributed by atoms with Crippen molar-refractivity contribution >= 4 is 18.0 Å². The molecule has 1 aliphatic rings. The van der Waals surface area contributed by atoms with Crippen LogP contribution in [0.2, 0.25) is 0 Å². The molecule has 3 rings (SSSR count). The van der Waals surface area contributed by atoms with Gasteiger partial charge in [0.2, 0.25) is 5.91 Å². The summed E-state index contributed by atoms with van der Waals surface area (Å²) in [4.78, 5) is 36.5. The minimum Gasteiger partial charge on any atom is -0.481 e. The highest BCUT2D eigenvalue weighted by Crippen LogP contribution is 2.44. The lowest BCUT2D eigenvalue weighted by atomic mass is 9.74. The van der Waals surface area contributed by atoms with Crippen LogP contribution < -0.4 is 10.6 Å². The Labute approximate surface area is 188 Å². The SMILES string of the molecule is C[C@@H](NC(=O)OCC1c2ccccc2-c2ccccc21)C(=O)NC(C)(C)C(C)(C)C(=O)O. The number of carbonyl (C=O) groups is 3. The van der Waals surface area contributed by atoms with Crippen molar-refractivity contribution < 1.29 is 24.2 Å². The third-order valence-electron chi connectivity index (χ3n) is 6.60. The highest BCUT2D eigenvalue weighted by atomic mass is 16.5. The van der Waals surface area contributed by atoms with Crippen molar-refractivity contribution in [1.29, 1.82) is 0 Å². The molecule has 2 amide bonds. The molecule has 170 valence electrons. The second-order valence-corrected chi connectivity index (χ2v) is 9.24. The van der Waals surface area contributed by atoms with Crippen LogP contribution in [0.4, 0.5) is 4.79 Å². The predicted octanol–water partition coefficient (Wildman–Crippen LogP) is 3.92. The maximum Gasteiger partial charge on any atom is 0.407 e. The molecular formula is C25H30N2O5. The Kier molecular flexibility index (Phi) is 6.30. The van der Waals surface area contributed by atoms with E-state index in [1.165, 1.54) is 6.92 Å². The predicted molar refractivity (Wildman–Crippen MR) is 121 cm³/mol. The van der Waals surface area contributed by atoms with E-state index in [1.807, 2.05) is 36.4 Å². The largest absolute Gasteiger partial charge is 0.481 e. The van der Waals surface area contributed by atoms with E-state index in [2.05, 4.69) is 22.8 Å². The molecule has 0 heterocycles. The van der Waals surface area contributed by atoms with Crippen LogP contribution in [0.25, 0.3) is 11.1 Å². The lowest BCUT2D eigenvalue weighted by molar-refractivity contribution is -0.152. The van der Waals surface area contributed by atoms with Gasteiger partial charge in [-0.25, -0.2) is 4.79 Å². The van der Waals surface area contributed by atoms with E-state index in [4.69, 9.17) is 4.74 Å². The molecule has 1 aliphatic carbocycles. The number of carbonyl (C=O) groups excluding carboxylic acids is 2. The number of fused-ring (bicyclic) bond motifs is 3. The van der Waals surface area contributed by atoms with Crippen molar-refractivity contribution in [3.05, 3.63) is 59.7 Å². The third-order valence-corrected chi connectivity index (χ3v) is 6.60. The van der Waals surface area contributed by atoms with Gasteiger partial charge >= 0.3 is 12.1 Å². The molecular weight excluding hydrogens is 408 g/mol. The number of hydrogen-bond acceptors (Lipinski definition) is 4. The van der Waals surface area contributed by atoms with Gasteiger partial charge in [-0.2, -0.15) is 0 Å². The van der Waals surface area contributed by atoms with Gasteiger partial charge in [0.05, 0.1) is 11.0 Å². The van der Waals surface area contributed by atoms with Crippen LogP contribution in [0.3, 0.4) is 0 Å². The number of carboxylic acid groups (broad SMARTS) is 1. The molecule has 7 heteroatoms. The summed E-state index contributed by atoms with van der Waals surface area (Å²) in [5, 5.41) is 14.7. The van der Waals surface area contributed by atoms with Gasteiger partial charge in [0.25, 0.3) is 0 Å². The third kappa shape index (κ3) is 4.33. The summed E-state index contributed by atoms with van der Waals surface area (Å²) in [5.41, 5.74) is 2.23. The van der Waals surface area contributed by atoms with Crippen molar-refractivity contribution in [1.82, 2.24) is 10.6 Å². The fourth-order valence-electron chi connectivity index (χ4n) is 3.72. The molecule has 0 bridgehead atoms. The van der Waals surface area contributed by atoms with Gasteiger partial charge in [-0.1, -0.05) is 48.5 Å². The first-order valence-corrected chi connectivity index (χ1v) is 10.6. The Balaban J connectivity index is 1.61. The van der Waals surface area contributed by atoms with Crippen LogP contribution in [0, 0.1) is 5.41 Å². The van der Waals surface area contributed by atoms with Crippen molar-refractivity contribution in [2.75, 3.05) is 6.61 Å². The summed E-state index contributed by atoms with van der Waals surface area (Å²) in [7, 11) is 0. The fraction of sp³-hybridized carbons (Fsp3) is 0.400. The highest BCUT2D eigenvalue weighted by molar-refractivity contribution is 5.87. The average Bonchev–Trinajstić information content (AvgIpc) is 3.05. The zero-order chi connectivity index (χ0) is 23.7. The van der Waals surface area contributed by atoms with Gasteiger partial charge in [0.15, 0.2) is 0 Å². The van der Waals surface area contributed by atoms with Crippen LogP contribution in [0.5, 0.6) is 0 Å². The van der Waals surface area contributed by atoms with E-state index in [0.717, 1.165) is 22.3 Å². The van der Waals surface area contributed by atoms with Gasteiger partial charge < -0.3 is 20.5 Å². The number of carboxylic acids is 1. The molecule has 2 aromatic rings. The fourth-order valence-corrected chi connectivity index (χ4v) is 3.72. The molecule has 0 saturated carbocycles. The maximum atomic E-state index is 12.6. The van der Waals surface area contributed by atoms with Gasteiger partial charge in [-0.3, -0.25) is 9.59 Å². The number of benzene rings is 2. The highest BCUT2D eigenvalue weighted by Gasteiger charge is 2.45. The van der Waals surface area contributed by atoms with Crippen molar-refractivity contribution in [3.63, 3.8) is 0 Å². The lowest BCUT2D eigenvalue weighted by Crippen LogP contribution is -2.60. The first-order valence-electron chi connectivity index (χ1n) is 10.6. The first-order chi connectivity index (χ1) is 15.0. The number of amides is 2. The van der Waals surface area contributed by atoms with Crippen LogP contribution in [-0.2, 0) is 14.3 Å². The first kappa shape index (κ1) is 23.3. The molecule has 0 fully saturated rings. The average molecular weight is 439 g/mol. The quantitative estimate of drug-likeness (QED) is 0.608. The summed E-state index contributed by atoms with van der Waals surface area (Å²) in [6.07, 6.45) is -0.704. The Bertz CT molecular complexity index is 999. The number of aliphatic carboxylic acids is 1. The van der Waals surface area contributed by atoms with Gasteiger partial charge in [-0.05, 0) is 56.9 Å². The van der Waals surface area contributed by atoms with E-state index in [0.29, 0.717) is 0 Å². The summed E-state index contributed by atoms with van der Waals surface area (Å²) in [5.74, 6) is -1.59. The van der Waals surface area contributed by atoms with Crippen LogP contribution in [-0.4, -0.2) is 41.3 Å². The minimum atomic E-state index is -1.20. The van der Waals surface area contributed by atoms with E-state index < -0.39 is 35.0 Å². The molecule has 1 atom stereocenters. The van der Waals surface area contributed by atoms with E-state index in [1.54, 1.807) is 27.7 Å². The van der Waals surface area contributed by atoms with Crippen LogP contribution in [0.1, 0.15) is 51.7 Å². The topological polar surface area (TPSA) is 105 Å². The Morgan fingerprint density at radius 1 is 0.969 bits per heavy atom. The Morgan fingerprint density at radius 2 is 1.47 bits per heavy atom. The molecule has 0 aliphatic heterocycles. The van der Waals surface area contributed by atoms with E-state index in [9.17, 15) is 19.5 Å². The van der Waals surface area contributed by atoms with E-state index >= 15 is 0 Å². The second-order valence-electron chi connectivity index (χ2n) is 9.24. The molecule has 0 saturated heterocycles. The zero-order valence-electron chi connectivity index (χ0n) is 19.1. The number of ether oxygens (including phenoxy) is 1. The summed E-state index contributed by atoms with van der Waals surface area (Å²) >= 11 is 0. The maximum absolute atomic E-state index is 12.6. The molecule has 32 heavy (non-hydrogen) atoms. The molecule has 0 unspecified atom stereocenters. The summed E-state index contributed by atoms with van der Waals surface area (Å²) in [6.45, 7) is 8.03. The van der Waals surface area contributed by atoms with Crippen LogP contribution >= 0.6 is 0 Å². The molecule has 2 aromatic carbocycles. The molecule has 3 N–H and O–H groups in total. The van der Waals surface area contributed by atoms with Crippen molar-refractivity contribution in [2.24, 2.45) is 5.41 Å². The Hall–Kier alpha value is -3.35. The number of rotatable bonds is 7. The van der Waals surface area contributed by atoms with Gasteiger partial charge in [0.1, 0.15) is 12.6 Å². The summed E-state index contributed by atoms with van der Waals surface area (Å²) in [6, 6.07) is 15.2. The van der Waals surface area contributed by atoms with E-state index in [-0.39, 0.29) is 12.5 Å². The smallest absolute Gasteiger partial charge is 0.407 e. The van der Waals surface area contributed by atoms with Crippen molar-refractivity contribution in [2.45, 2.75) is 52.1 Å². The van der Waals surface area contributed by atoms with Crippen LogP contribution in [0.15, 0.2) is 48.5 Å². The number of hydrogen-bond donors (Lipinski definition) is 3. The molecule has 7 nitrogen and oxygen atoms in total.